The third-order valence-electron chi connectivity index (χ3n) is 8.43. The second kappa shape index (κ2) is 12.9. The van der Waals surface area contributed by atoms with Crippen molar-refractivity contribution >= 4 is 33.3 Å². The van der Waals surface area contributed by atoms with Gasteiger partial charge >= 0.3 is 11.5 Å². The zero-order valence-corrected chi connectivity index (χ0v) is 27.2. The molecule has 2 fully saturated rings. The number of rotatable bonds is 9. The summed E-state index contributed by atoms with van der Waals surface area (Å²) >= 11 is 0. The Kier molecular flexibility index (Phi) is 9.34. The number of methoxy groups -OCH3 is 1. The van der Waals surface area contributed by atoms with Gasteiger partial charge in [-0.2, -0.15) is 18.3 Å². The Bertz CT molecular complexity index is 1850. The molecule has 0 unspecified atom stereocenters. The standard InChI is InChI=1S/C32H34F4N4O7S/c1-31(2,3)47-30(43)24-10-11-40(39-24)16-19-13-22(25(46-4)15-23(19)33)28(41)38-27-18-9-8-17(12-18)26(27)29(42)37-20-6-5-7-21(14-20)48(44,45)32(34,35)36/h5-7,10-11,13-15,17-18,26-27H,8-9,12,16H2,1-4H3,(H,37,42)(H,38,41)/t17-,18+,26+,27-/m1/s1. The number of anilines is 1. The molecule has 5 rings (SSSR count). The van der Waals surface area contributed by atoms with Crippen LogP contribution in [-0.2, 0) is 25.9 Å². The molecule has 2 saturated carbocycles. The van der Waals surface area contributed by atoms with Crippen molar-refractivity contribution in [2.75, 3.05) is 12.4 Å². The number of carbonyl (C=O) groups is 3. The maximum Gasteiger partial charge on any atom is 0.501 e. The molecule has 3 aromatic rings. The normalized spacial score (nSPS) is 20.8. The number of fused-ring (bicyclic) bond motifs is 2. The van der Waals surface area contributed by atoms with E-state index in [4.69, 9.17) is 9.47 Å². The largest absolute Gasteiger partial charge is 0.501 e. The Morgan fingerprint density at radius 2 is 1.75 bits per heavy atom. The summed E-state index contributed by atoms with van der Waals surface area (Å²) < 4.78 is 90.1. The molecule has 0 spiro atoms. The van der Waals surface area contributed by atoms with Crippen molar-refractivity contribution in [3.8, 4) is 5.75 Å². The molecule has 1 heterocycles. The van der Waals surface area contributed by atoms with E-state index in [1.54, 1.807) is 20.8 Å². The van der Waals surface area contributed by atoms with Crippen LogP contribution in [0.3, 0.4) is 0 Å². The first-order valence-electron chi connectivity index (χ1n) is 15.0. The summed E-state index contributed by atoms with van der Waals surface area (Å²) in [6, 6.07) is 7.00. The van der Waals surface area contributed by atoms with Crippen molar-refractivity contribution in [1.29, 1.82) is 0 Å². The highest BCUT2D eigenvalue weighted by molar-refractivity contribution is 7.92. The lowest BCUT2D eigenvalue weighted by Crippen LogP contribution is -2.48. The van der Waals surface area contributed by atoms with Crippen molar-refractivity contribution in [1.82, 2.24) is 15.1 Å². The molecule has 2 bridgehead atoms. The summed E-state index contributed by atoms with van der Waals surface area (Å²) in [5.74, 6) is -3.60. The van der Waals surface area contributed by atoms with E-state index in [0.29, 0.717) is 12.8 Å². The minimum absolute atomic E-state index is 0.0135. The van der Waals surface area contributed by atoms with Gasteiger partial charge in [-0.1, -0.05) is 6.07 Å². The van der Waals surface area contributed by atoms with Crippen LogP contribution in [0.4, 0.5) is 23.2 Å². The predicted octanol–water partition coefficient (Wildman–Crippen LogP) is 5.11. The summed E-state index contributed by atoms with van der Waals surface area (Å²) in [5, 5.41) is 9.58. The maximum absolute atomic E-state index is 15.1. The van der Waals surface area contributed by atoms with E-state index in [1.807, 2.05) is 0 Å². The number of carbonyl (C=O) groups excluding carboxylic acids is 3. The molecule has 2 aliphatic carbocycles. The molecule has 1 aromatic heterocycles. The lowest BCUT2D eigenvalue weighted by atomic mass is 9.83. The van der Waals surface area contributed by atoms with E-state index in [0.717, 1.165) is 30.7 Å². The van der Waals surface area contributed by atoms with Gasteiger partial charge in [0.15, 0.2) is 5.69 Å². The molecule has 0 radical (unpaired) electrons. The van der Waals surface area contributed by atoms with E-state index < -0.39 is 61.4 Å². The zero-order chi connectivity index (χ0) is 35.2. The topological polar surface area (TPSA) is 146 Å². The summed E-state index contributed by atoms with van der Waals surface area (Å²) in [5.41, 5.74) is -6.33. The van der Waals surface area contributed by atoms with E-state index in [-0.39, 0.29) is 46.6 Å². The highest BCUT2D eigenvalue weighted by Crippen LogP contribution is 2.49. The van der Waals surface area contributed by atoms with Crippen molar-refractivity contribution in [2.45, 2.75) is 68.6 Å². The number of sulfone groups is 1. The van der Waals surface area contributed by atoms with Gasteiger partial charge in [0.25, 0.3) is 15.7 Å². The minimum Gasteiger partial charge on any atom is -0.496 e. The number of hydrogen-bond acceptors (Lipinski definition) is 8. The van der Waals surface area contributed by atoms with Gasteiger partial charge in [-0.15, -0.1) is 0 Å². The molecule has 11 nitrogen and oxygen atoms in total. The van der Waals surface area contributed by atoms with Gasteiger partial charge in [0.05, 0.1) is 30.0 Å². The van der Waals surface area contributed by atoms with Gasteiger partial charge in [0.1, 0.15) is 17.2 Å². The average molecular weight is 695 g/mol. The van der Waals surface area contributed by atoms with Gasteiger partial charge in [-0.3, -0.25) is 14.3 Å². The molecule has 4 atom stereocenters. The van der Waals surface area contributed by atoms with Gasteiger partial charge in [0.2, 0.25) is 5.91 Å². The molecule has 2 amide bonds. The van der Waals surface area contributed by atoms with E-state index in [9.17, 15) is 36.0 Å². The fraction of sp³-hybridized carbons (Fsp3) is 0.438. The Labute approximate surface area is 273 Å². The van der Waals surface area contributed by atoms with Gasteiger partial charge in [0, 0.05) is 29.6 Å². The van der Waals surface area contributed by atoms with Crippen LogP contribution in [0, 0.1) is 23.6 Å². The number of esters is 1. The number of nitrogens with one attached hydrogen (secondary N) is 2. The van der Waals surface area contributed by atoms with Crippen LogP contribution < -0.4 is 15.4 Å². The van der Waals surface area contributed by atoms with Crippen LogP contribution in [0.25, 0.3) is 0 Å². The minimum atomic E-state index is -5.64. The molecule has 16 heteroatoms. The number of aromatic nitrogens is 2. The van der Waals surface area contributed by atoms with Crippen LogP contribution in [0.1, 0.15) is 66.4 Å². The lowest BCUT2D eigenvalue weighted by molar-refractivity contribution is -0.122. The summed E-state index contributed by atoms with van der Waals surface area (Å²) in [6.07, 6.45) is 3.51. The second-order valence-corrected chi connectivity index (χ2v) is 14.8. The van der Waals surface area contributed by atoms with Crippen LogP contribution in [0.5, 0.6) is 5.75 Å². The predicted molar refractivity (Wildman–Crippen MR) is 163 cm³/mol. The molecular formula is C32H34F4N4O7S. The molecule has 48 heavy (non-hydrogen) atoms. The fourth-order valence-electron chi connectivity index (χ4n) is 6.34. The molecule has 0 saturated heterocycles. The van der Waals surface area contributed by atoms with Gasteiger partial charge in [-0.05, 0) is 82.2 Å². The fourth-order valence-corrected chi connectivity index (χ4v) is 7.14. The summed E-state index contributed by atoms with van der Waals surface area (Å²) in [4.78, 5) is 38.5. The van der Waals surface area contributed by atoms with Gasteiger partial charge in [-0.25, -0.2) is 17.6 Å². The Balaban J connectivity index is 1.34. The van der Waals surface area contributed by atoms with Crippen molar-refractivity contribution < 1.29 is 49.8 Å². The van der Waals surface area contributed by atoms with Gasteiger partial charge < -0.3 is 20.1 Å². The SMILES string of the molecule is COc1cc(F)c(Cn2ccc(C(=O)OC(C)(C)C)n2)cc1C(=O)N[C@@H]1[C@H]2CC[C@H](C2)[C@@H]1C(=O)Nc1cccc(S(=O)(=O)C(F)(F)F)c1. The van der Waals surface area contributed by atoms with Crippen molar-refractivity contribution in [2.24, 2.45) is 17.8 Å². The van der Waals surface area contributed by atoms with Crippen LogP contribution in [0.2, 0.25) is 0 Å². The molecule has 258 valence electrons. The molecule has 2 aromatic carbocycles. The summed E-state index contributed by atoms with van der Waals surface area (Å²) in [6.45, 7) is 4.99. The molecule has 2 N–H and O–H groups in total. The van der Waals surface area contributed by atoms with E-state index in [2.05, 4.69) is 15.7 Å². The van der Waals surface area contributed by atoms with E-state index in [1.165, 1.54) is 36.2 Å². The number of amides is 2. The smallest absolute Gasteiger partial charge is 0.496 e. The first-order valence-corrected chi connectivity index (χ1v) is 16.5. The second-order valence-electron chi connectivity index (χ2n) is 12.9. The quantitative estimate of drug-likeness (QED) is 0.232. The Morgan fingerprint density at radius 1 is 1.04 bits per heavy atom. The number of nitrogens with zero attached hydrogens (tertiary/aromatic N) is 2. The number of hydrogen-bond donors (Lipinski definition) is 2. The highest BCUT2D eigenvalue weighted by Gasteiger charge is 2.52. The molecular weight excluding hydrogens is 660 g/mol. The third kappa shape index (κ3) is 7.17. The lowest BCUT2D eigenvalue weighted by Gasteiger charge is -2.31. The number of alkyl halides is 3. The summed E-state index contributed by atoms with van der Waals surface area (Å²) in [7, 11) is -4.36. The van der Waals surface area contributed by atoms with Crippen LogP contribution >= 0.6 is 0 Å². The average Bonchev–Trinajstić information content (AvgIpc) is 3.74. The van der Waals surface area contributed by atoms with Crippen molar-refractivity contribution in [3.05, 3.63) is 71.3 Å². The monoisotopic (exact) mass is 694 g/mol. The molecule has 2 aliphatic rings. The van der Waals surface area contributed by atoms with E-state index >= 15 is 4.39 Å². The van der Waals surface area contributed by atoms with Crippen LogP contribution in [-0.4, -0.2) is 60.2 Å². The Hall–Kier alpha value is -4.47. The Morgan fingerprint density at radius 3 is 2.42 bits per heavy atom. The number of benzene rings is 2. The highest BCUT2D eigenvalue weighted by atomic mass is 32.2. The number of ether oxygens (including phenoxy) is 2. The number of halogens is 4. The first-order chi connectivity index (χ1) is 22.4. The first kappa shape index (κ1) is 34.9. The van der Waals surface area contributed by atoms with Crippen molar-refractivity contribution in [3.63, 3.8) is 0 Å². The zero-order valence-electron chi connectivity index (χ0n) is 26.4. The third-order valence-corrected chi connectivity index (χ3v) is 9.91. The molecule has 0 aliphatic heterocycles. The maximum atomic E-state index is 15.1. The van der Waals surface area contributed by atoms with Crippen LogP contribution in [0.15, 0.2) is 53.6 Å².